The van der Waals surface area contributed by atoms with Crippen LogP contribution in [-0.4, -0.2) is 36.2 Å². The Labute approximate surface area is 158 Å². The molecule has 7 heteroatoms. The minimum atomic E-state index is -0.275. The summed E-state index contributed by atoms with van der Waals surface area (Å²) in [5, 5.41) is 4.63. The van der Waals surface area contributed by atoms with Crippen LogP contribution in [0.25, 0.3) is 11.0 Å². The quantitative estimate of drug-likeness (QED) is 0.695. The van der Waals surface area contributed by atoms with Crippen LogP contribution in [0.5, 0.6) is 0 Å². The molecule has 0 aliphatic heterocycles. The van der Waals surface area contributed by atoms with Gasteiger partial charge < -0.3 is 9.47 Å². The largest absolute Gasteiger partial charge is 0.332 e. The van der Waals surface area contributed by atoms with Crippen molar-refractivity contribution < 1.29 is 4.79 Å². The Morgan fingerprint density at radius 2 is 2.00 bits per heavy atom. The van der Waals surface area contributed by atoms with E-state index >= 15 is 0 Å². The van der Waals surface area contributed by atoms with E-state index in [2.05, 4.69) is 10.1 Å². The monoisotopic (exact) mass is 367 g/mol. The predicted octanol–water partition coefficient (Wildman–Crippen LogP) is 2.51. The number of carbonyl (C=O) groups is 1. The van der Waals surface area contributed by atoms with Crippen LogP contribution < -0.4 is 5.43 Å². The van der Waals surface area contributed by atoms with Crippen molar-refractivity contribution in [1.29, 1.82) is 0 Å². The maximum absolute atomic E-state index is 13.3. The molecular formula is C20H25N5O2. The van der Waals surface area contributed by atoms with E-state index in [0.717, 1.165) is 11.3 Å². The number of nitrogens with zero attached hydrogens (tertiary/aromatic N) is 5. The molecule has 0 aliphatic rings. The Hall–Kier alpha value is -2.96. The zero-order valence-corrected chi connectivity index (χ0v) is 16.4. The van der Waals surface area contributed by atoms with Crippen molar-refractivity contribution in [2.24, 2.45) is 7.05 Å². The van der Waals surface area contributed by atoms with Gasteiger partial charge in [0, 0.05) is 49.8 Å². The van der Waals surface area contributed by atoms with E-state index in [1.807, 2.05) is 45.5 Å². The number of hydrogen-bond donors (Lipinski definition) is 0. The lowest BCUT2D eigenvalue weighted by Crippen LogP contribution is -2.39. The fraction of sp³-hybridized carbons (Fsp3) is 0.400. The summed E-state index contributed by atoms with van der Waals surface area (Å²) < 4.78 is 3.56. The Bertz CT molecular complexity index is 1050. The Balaban J connectivity index is 2.08. The lowest BCUT2D eigenvalue weighted by atomic mass is 10.1. The number of pyridine rings is 2. The summed E-state index contributed by atoms with van der Waals surface area (Å²) in [6.45, 7) is 8.77. The lowest BCUT2D eigenvalue weighted by Gasteiger charge is -2.26. The molecule has 0 bridgehead atoms. The van der Waals surface area contributed by atoms with Crippen LogP contribution in [0.15, 0.2) is 35.5 Å². The molecule has 0 fully saturated rings. The van der Waals surface area contributed by atoms with E-state index in [1.165, 1.54) is 0 Å². The van der Waals surface area contributed by atoms with Crippen LogP contribution in [0.4, 0.5) is 0 Å². The topological polar surface area (TPSA) is 73.0 Å². The third-order valence-electron chi connectivity index (χ3n) is 4.63. The number of rotatable bonds is 5. The second-order valence-corrected chi connectivity index (χ2v) is 7.03. The predicted molar refractivity (Wildman–Crippen MR) is 105 cm³/mol. The van der Waals surface area contributed by atoms with Crippen molar-refractivity contribution in [3.63, 3.8) is 0 Å². The molecule has 27 heavy (non-hydrogen) atoms. The first kappa shape index (κ1) is 18.8. The third-order valence-corrected chi connectivity index (χ3v) is 4.63. The van der Waals surface area contributed by atoms with E-state index in [-0.39, 0.29) is 22.9 Å². The summed E-state index contributed by atoms with van der Waals surface area (Å²) in [6.07, 6.45) is 5.25. The number of amides is 1. The summed E-state index contributed by atoms with van der Waals surface area (Å²) in [5.41, 5.74) is 2.27. The first-order chi connectivity index (χ1) is 12.8. The summed E-state index contributed by atoms with van der Waals surface area (Å²) in [5.74, 6) is -0.275. The van der Waals surface area contributed by atoms with Gasteiger partial charge in [0.2, 0.25) is 5.43 Å². The van der Waals surface area contributed by atoms with Gasteiger partial charge in [0.25, 0.3) is 5.91 Å². The van der Waals surface area contributed by atoms with Crippen LogP contribution >= 0.6 is 0 Å². The normalized spacial score (nSPS) is 11.3. The molecule has 0 aliphatic carbocycles. The molecule has 3 aromatic rings. The minimum Gasteiger partial charge on any atom is -0.332 e. The smallest absolute Gasteiger partial charge is 0.259 e. The Kier molecular flexibility index (Phi) is 5.12. The van der Waals surface area contributed by atoms with Crippen LogP contribution in [0, 0.1) is 6.92 Å². The molecule has 0 saturated carbocycles. The SMILES string of the molecule is CCn1cc(C(=O)N(Cc2cnn(C)c2)C(C)C)c(=O)c2ccc(C)nc21. The summed E-state index contributed by atoms with van der Waals surface area (Å²) in [6, 6.07) is 3.50. The minimum absolute atomic E-state index is 0.0565. The van der Waals surface area contributed by atoms with Crippen molar-refractivity contribution in [2.75, 3.05) is 0 Å². The van der Waals surface area contributed by atoms with Gasteiger partial charge in [-0.1, -0.05) is 0 Å². The highest BCUT2D eigenvalue weighted by Gasteiger charge is 2.24. The molecule has 0 saturated heterocycles. The first-order valence-electron chi connectivity index (χ1n) is 9.11. The maximum atomic E-state index is 13.3. The van der Waals surface area contributed by atoms with Gasteiger partial charge >= 0.3 is 0 Å². The van der Waals surface area contributed by atoms with Gasteiger partial charge in [0.15, 0.2) is 0 Å². The zero-order valence-electron chi connectivity index (χ0n) is 16.4. The van der Waals surface area contributed by atoms with Gasteiger partial charge in [0.1, 0.15) is 11.2 Å². The van der Waals surface area contributed by atoms with E-state index in [1.54, 1.807) is 34.1 Å². The molecule has 7 nitrogen and oxygen atoms in total. The van der Waals surface area contributed by atoms with E-state index in [0.29, 0.717) is 24.1 Å². The molecule has 0 aromatic carbocycles. The second kappa shape index (κ2) is 7.34. The molecule has 0 atom stereocenters. The second-order valence-electron chi connectivity index (χ2n) is 7.03. The van der Waals surface area contributed by atoms with Crippen LogP contribution in [0.1, 0.15) is 42.4 Å². The molecule has 0 unspecified atom stereocenters. The van der Waals surface area contributed by atoms with Gasteiger partial charge in [-0.15, -0.1) is 0 Å². The zero-order chi connectivity index (χ0) is 19.7. The molecule has 0 N–H and O–H groups in total. The third kappa shape index (κ3) is 3.63. The van der Waals surface area contributed by atoms with Gasteiger partial charge in [-0.3, -0.25) is 14.3 Å². The number of aromatic nitrogens is 4. The molecule has 3 rings (SSSR count). The van der Waals surface area contributed by atoms with Crippen LogP contribution in [-0.2, 0) is 20.1 Å². The number of fused-ring (bicyclic) bond motifs is 1. The van der Waals surface area contributed by atoms with Crippen molar-refractivity contribution >= 4 is 16.9 Å². The highest BCUT2D eigenvalue weighted by atomic mass is 16.2. The molecule has 1 amide bonds. The van der Waals surface area contributed by atoms with Crippen molar-refractivity contribution in [2.45, 2.75) is 46.8 Å². The lowest BCUT2D eigenvalue weighted by molar-refractivity contribution is 0.0688. The molecule has 0 radical (unpaired) electrons. The van der Waals surface area contributed by atoms with Gasteiger partial charge in [-0.05, 0) is 39.8 Å². The van der Waals surface area contributed by atoms with E-state index in [9.17, 15) is 9.59 Å². The van der Waals surface area contributed by atoms with Crippen molar-refractivity contribution in [1.82, 2.24) is 24.2 Å². The number of aryl methyl sites for hydroxylation is 3. The Morgan fingerprint density at radius 1 is 1.26 bits per heavy atom. The van der Waals surface area contributed by atoms with Crippen LogP contribution in [0.3, 0.4) is 0 Å². The van der Waals surface area contributed by atoms with Crippen molar-refractivity contribution in [3.8, 4) is 0 Å². The van der Waals surface area contributed by atoms with Crippen LogP contribution in [0.2, 0.25) is 0 Å². The molecule has 3 heterocycles. The van der Waals surface area contributed by atoms with Crippen molar-refractivity contribution in [3.05, 3.63) is 57.8 Å². The summed E-state index contributed by atoms with van der Waals surface area (Å²) in [4.78, 5) is 32.5. The first-order valence-corrected chi connectivity index (χ1v) is 9.11. The fourth-order valence-electron chi connectivity index (χ4n) is 3.15. The number of carbonyl (C=O) groups excluding carboxylic acids is 1. The fourth-order valence-corrected chi connectivity index (χ4v) is 3.15. The molecule has 142 valence electrons. The van der Waals surface area contributed by atoms with Gasteiger partial charge in [-0.25, -0.2) is 4.98 Å². The number of hydrogen-bond acceptors (Lipinski definition) is 4. The van der Waals surface area contributed by atoms with E-state index < -0.39 is 0 Å². The highest BCUT2D eigenvalue weighted by molar-refractivity contribution is 5.97. The standard InChI is InChI=1S/C20H25N5O2/c1-6-24-12-17(18(26)16-8-7-14(4)22-19(16)24)20(27)25(13(2)3)11-15-9-21-23(5)10-15/h7-10,12-13H,6,11H2,1-5H3. The Morgan fingerprint density at radius 3 is 2.59 bits per heavy atom. The highest BCUT2D eigenvalue weighted by Crippen LogP contribution is 2.15. The molecule has 0 spiro atoms. The summed E-state index contributed by atoms with van der Waals surface area (Å²) >= 11 is 0. The summed E-state index contributed by atoms with van der Waals surface area (Å²) in [7, 11) is 1.84. The molecular weight excluding hydrogens is 342 g/mol. The van der Waals surface area contributed by atoms with Gasteiger partial charge in [0.05, 0.1) is 11.6 Å². The van der Waals surface area contributed by atoms with Gasteiger partial charge in [-0.2, -0.15) is 5.10 Å². The average molecular weight is 367 g/mol. The maximum Gasteiger partial charge on any atom is 0.259 e. The average Bonchev–Trinajstić information content (AvgIpc) is 3.04. The molecule has 3 aromatic heterocycles. The van der Waals surface area contributed by atoms with E-state index in [4.69, 9.17) is 0 Å².